The summed E-state index contributed by atoms with van der Waals surface area (Å²) < 4.78 is 0. The Kier molecular flexibility index (Phi) is 2.90. The van der Waals surface area contributed by atoms with E-state index in [2.05, 4.69) is 30.7 Å². The summed E-state index contributed by atoms with van der Waals surface area (Å²) in [6.07, 6.45) is 2.51. The van der Waals surface area contributed by atoms with Gasteiger partial charge < -0.3 is 10.4 Å². The zero-order valence-corrected chi connectivity index (χ0v) is 8.90. The Bertz CT molecular complexity index is 521. The minimum atomic E-state index is -1.11. The van der Waals surface area contributed by atoms with Crippen LogP contribution in [0.25, 0.3) is 0 Å². The van der Waals surface area contributed by atoms with Gasteiger partial charge in [0.1, 0.15) is 5.82 Å². The molecule has 9 heteroatoms. The second kappa shape index (κ2) is 4.51. The summed E-state index contributed by atoms with van der Waals surface area (Å²) in [4.78, 5) is 19.5. The number of rotatable bonds is 4. The highest BCUT2D eigenvalue weighted by Gasteiger charge is 2.05. The van der Waals surface area contributed by atoms with Crippen LogP contribution in [-0.4, -0.2) is 41.3 Å². The molecular weight excluding hydrogens is 226 g/mol. The van der Waals surface area contributed by atoms with Crippen LogP contribution in [0, 0.1) is 0 Å². The molecule has 0 saturated heterocycles. The van der Waals surface area contributed by atoms with Crippen molar-refractivity contribution in [3.05, 3.63) is 23.9 Å². The summed E-state index contributed by atoms with van der Waals surface area (Å²) in [5.74, 6) is -0.154. The maximum Gasteiger partial charge on any atom is 0.356 e. The average molecular weight is 235 g/mol. The molecule has 88 valence electrons. The van der Waals surface area contributed by atoms with E-state index in [1.165, 1.54) is 17.2 Å². The highest BCUT2D eigenvalue weighted by atomic mass is 16.4. The van der Waals surface area contributed by atoms with E-state index in [9.17, 15) is 4.79 Å². The average Bonchev–Trinajstić information content (AvgIpc) is 2.73. The molecule has 2 aromatic heterocycles. The zero-order chi connectivity index (χ0) is 12.3. The van der Waals surface area contributed by atoms with Gasteiger partial charge in [-0.1, -0.05) is 0 Å². The second-order valence-electron chi connectivity index (χ2n) is 3.14. The number of nitrogens with zero attached hydrogens (tertiary/aromatic N) is 6. The van der Waals surface area contributed by atoms with Crippen LogP contribution in [0.4, 0.5) is 5.82 Å². The van der Waals surface area contributed by atoms with E-state index in [1.807, 2.05) is 0 Å². The molecule has 0 unspecified atom stereocenters. The summed E-state index contributed by atoms with van der Waals surface area (Å²) in [6.45, 7) is 0.342. The van der Waals surface area contributed by atoms with Gasteiger partial charge in [-0.15, -0.1) is 10.2 Å². The highest BCUT2D eigenvalue weighted by molar-refractivity contribution is 5.84. The Hall–Kier alpha value is -2.58. The van der Waals surface area contributed by atoms with Crippen LogP contribution in [0.5, 0.6) is 0 Å². The Labute approximate surface area is 95.5 Å². The fourth-order valence-corrected chi connectivity index (χ4v) is 1.09. The SMILES string of the molecule is Cn1nnc(CNc2cnc(C(=O)O)cn2)n1. The van der Waals surface area contributed by atoms with Gasteiger partial charge in [-0.25, -0.2) is 14.8 Å². The maximum atomic E-state index is 10.5. The van der Waals surface area contributed by atoms with Gasteiger partial charge >= 0.3 is 5.97 Å². The van der Waals surface area contributed by atoms with E-state index >= 15 is 0 Å². The lowest BCUT2D eigenvalue weighted by atomic mass is 10.4. The third-order valence-corrected chi connectivity index (χ3v) is 1.85. The van der Waals surface area contributed by atoms with E-state index in [0.29, 0.717) is 18.2 Å². The number of aryl methyl sites for hydroxylation is 1. The van der Waals surface area contributed by atoms with Crippen molar-refractivity contribution in [3.8, 4) is 0 Å². The molecule has 2 heterocycles. The quantitative estimate of drug-likeness (QED) is 0.714. The normalized spacial score (nSPS) is 10.2. The maximum absolute atomic E-state index is 10.5. The lowest BCUT2D eigenvalue weighted by Crippen LogP contribution is -2.06. The second-order valence-corrected chi connectivity index (χ2v) is 3.14. The van der Waals surface area contributed by atoms with Crippen LogP contribution in [0.1, 0.15) is 16.3 Å². The topological polar surface area (TPSA) is 119 Å². The van der Waals surface area contributed by atoms with Crippen LogP contribution in [0.15, 0.2) is 12.4 Å². The van der Waals surface area contributed by atoms with Crippen molar-refractivity contribution in [3.63, 3.8) is 0 Å². The first-order valence-electron chi connectivity index (χ1n) is 4.67. The molecule has 0 atom stereocenters. The number of carboxylic acid groups (broad SMARTS) is 1. The van der Waals surface area contributed by atoms with E-state index in [-0.39, 0.29) is 5.69 Å². The standard InChI is InChI=1S/C8H9N7O2/c1-15-13-7(12-14-15)4-11-6-3-9-5(2-10-6)8(16)17/h2-3H,4H2,1H3,(H,10,11)(H,16,17). The molecule has 2 N–H and O–H groups in total. The van der Waals surface area contributed by atoms with Crippen LogP contribution in [0.2, 0.25) is 0 Å². The third kappa shape index (κ3) is 2.71. The van der Waals surface area contributed by atoms with Gasteiger partial charge in [0.2, 0.25) is 0 Å². The predicted octanol–water partition coefficient (Wildman–Crippen LogP) is -0.690. The van der Waals surface area contributed by atoms with Gasteiger partial charge in [0, 0.05) is 0 Å². The van der Waals surface area contributed by atoms with Crippen LogP contribution in [0.3, 0.4) is 0 Å². The summed E-state index contributed by atoms with van der Waals surface area (Å²) in [5, 5.41) is 22.9. The number of tetrazole rings is 1. The Morgan fingerprint density at radius 1 is 1.47 bits per heavy atom. The number of nitrogens with one attached hydrogen (secondary N) is 1. The number of aromatic nitrogens is 6. The van der Waals surface area contributed by atoms with Crippen molar-refractivity contribution in [1.29, 1.82) is 0 Å². The van der Waals surface area contributed by atoms with Crippen molar-refractivity contribution in [1.82, 2.24) is 30.2 Å². The molecule has 17 heavy (non-hydrogen) atoms. The number of hydrogen-bond donors (Lipinski definition) is 2. The summed E-state index contributed by atoms with van der Waals surface area (Å²) in [5.41, 5.74) is -0.104. The van der Waals surface area contributed by atoms with Crippen molar-refractivity contribution in [2.24, 2.45) is 7.05 Å². The minimum absolute atomic E-state index is 0.104. The van der Waals surface area contributed by atoms with Gasteiger partial charge in [0.15, 0.2) is 11.5 Å². The van der Waals surface area contributed by atoms with Crippen molar-refractivity contribution in [2.45, 2.75) is 6.54 Å². The summed E-state index contributed by atoms with van der Waals surface area (Å²) in [6, 6.07) is 0. The molecule has 2 rings (SSSR count). The molecule has 2 aromatic rings. The smallest absolute Gasteiger partial charge is 0.356 e. The number of anilines is 1. The Morgan fingerprint density at radius 2 is 2.29 bits per heavy atom. The van der Waals surface area contributed by atoms with Gasteiger partial charge in [-0.3, -0.25) is 0 Å². The first kappa shape index (κ1) is 10.9. The molecule has 0 amide bonds. The molecule has 0 aliphatic rings. The molecule has 0 radical (unpaired) electrons. The van der Waals surface area contributed by atoms with Crippen LogP contribution >= 0.6 is 0 Å². The molecule has 0 aromatic carbocycles. The lowest BCUT2D eigenvalue weighted by molar-refractivity contribution is 0.0690. The van der Waals surface area contributed by atoms with Crippen LogP contribution in [-0.2, 0) is 13.6 Å². The van der Waals surface area contributed by atoms with Gasteiger partial charge in [0.05, 0.1) is 26.0 Å². The van der Waals surface area contributed by atoms with Crippen LogP contribution < -0.4 is 5.32 Å². The molecule has 0 spiro atoms. The molecule has 9 nitrogen and oxygen atoms in total. The van der Waals surface area contributed by atoms with E-state index in [4.69, 9.17) is 5.11 Å². The van der Waals surface area contributed by atoms with Crippen molar-refractivity contribution < 1.29 is 9.90 Å². The zero-order valence-electron chi connectivity index (χ0n) is 8.90. The van der Waals surface area contributed by atoms with E-state index in [1.54, 1.807) is 7.05 Å². The number of aromatic carboxylic acids is 1. The fraction of sp³-hybridized carbons (Fsp3) is 0.250. The first-order valence-corrected chi connectivity index (χ1v) is 4.67. The largest absolute Gasteiger partial charge is 0.476 e. The molecule has 0 aliphatic heterocycles. The monoisotopic (exact) mass is 235 g/mol. The number of hydrogen-bond acceptors (Lipinski definition) is 7. The van der Waals surface area contributed by atoms with Gasteiger partial charge in [-0.2, -0.15) is 4.80 Å². The summed E-state index contributed by atoms with van der Waals surface area (Å²) in [7, 11) is 1.66. The van der Waals surface area contributed by atoms with Gasteiger partial charge in [0.25, 0.3) is 0 Å². The lowest BCUT2D eigenvalue weighted by Gasteiger charge is -2.01. The number of carboxylic acids is 1. The first-order chi connectivity index (χ1) is 8.15. The molecule has 0 saturated carbocycles. The molecule has 0 bridgehead atoms. The molecule has 0 fully saturated rings. The van der Waals surface area contributed by atoms with E-state index in [0.717, 1.165) is 0 Å². The van der Waals surface area contributed by atoms with Gasteiger partial charge in [-0.05, 0) is 5.21 Å². The minimum Gasteiger partial charge on any atom is -0.476 e. The van der Waals surface area contributed by atoms with Crippen molar-refractivity contribution in [2.75, 3.05) is 5.32 Å². The predicted molar refractivity (Wildman–Crippen MR) is 55.1 cm³/mol. The fourth-order valence-electron chi connectivity index (χ4n) is 1.09. The van der Waals surface area contributed by atoms with E-state index < -0.39 is 5.97 Å². The number of carbonyl (C=O) groups is 1. The molecule has 0 aliphatic carbocycles. The summed E-state index contributed by atoms with van der Waals surface area (Å²) >= 11 is 0. The Morgan fingerprint density at radius 3 is 2.82 bits per heavy atom. The third-order valence-electron chi connectivity index (χ3n) is 1.85. The molecular formula is C8H9N7O2. The van der Waals surface area contributed by atoms with Crippen molar-refractivity contribution >= 4 is 11.8 Å². The highest BCUT2D eigenvalue weighted by Crippen LogP contribution is 2.02. The Balaban J connectivity index is 1.97.